The summed E-state index contributed by atoms with van der Waals surface area (Å²) in [7, 11) is 1.65. The zero-order valence-electron chi connectivity index (χ0n) is 12.9. The predicted molar refractivity (Wildman–Crippen MR) is 87.7 cm³/mol. The van der Waals surface area contributed by atoms with Gasteiger partial charge in [0.2, 0.25) is 0 Å². The van der Waals surface area contributed by atoms with Gasteiger partial charge in [-0.1, -0.05) is 15.9 Å². The van der Waals surface area contributed by atoms with E-state index in [4.69, 9.17) is 9.15 Å². The summed E-state index contributed by atoms with van der Waals surface area (Å²) in [6, 6.07) is 5.78. The Labute approximate surface area is 134 Å². The van der Waals surface area contributed by atoms with Crippen molar-refractivity contribution in [2.24, 2.45) is 0 Å². The zero-order valence-corrected chi connectivity index (χ0v) is 14.5. The molecule has 1 heterocycles. The maximum Gasteiger partial charge on any atom is 0.196 e. The van der Waals surface area contributed by atoms with Gasteiger partial charge in [-0.15, -0.1) is 0 Å². The maximum absolute atomic E-state index is 5.83. The number of rotatable bonds is 5. The molecule has 21 heavy (non-hydrogen) atoms. The smallest absolute Gasteiger partial charge is 0.196 e. The summed E-state index contributed by atoms with van der Waals surface area (Å²) in [6.07, 6.45) is 2.52. The fraction of sp³-hybridized carbons (Fsp3) is 0.438. The van der Waals surface area contributed by atoms with Gasteiger partial charge < -0.3 is 14.5 Å². The molecule has 0 fully saturated rings. The Bertz CT molecular complexity index is 603. The first-order chi connectivity index (χ1) is 9.89. The van der Waals surface area contributed by atoms with E-state index in [1.54, 1.807) is 13.3 Å². The molecule has 0 spiro atoms. The molecule has 5 heteroatoms. The van der Waals surface area contributed by atoms with Gasteiger partial charge >= 0.3 is 0 Å². The van der Waals surface area contributed by atoms with Crippen LogP contribution in [0.25, 0.3) is 11.3 Å². The third-order valence-electron chi connectivity index (χ3n) is 2.99. The van der Waals surface area contributed by atoms with Crippen molar-refractivity contribution < 1.29 is 9.15 Å². The fourth-order valence-corrected chi connectivity index (χ4v) is 2.36. The van der Waals surface area contributed by atoms with Gasteiger partial charge in [-0.05, 0) is 39.0 Å². The van der Waals surface area contributed by atoms with E-state index in [2.05, 4.69) is 47.0 Å². The fourth-order valence-electron chi connectivity index (χ4n) is 1.91. The summed E-state index contributed by atoms with van der Waals surface area (Å²) < 4.78 is 12.0. The predicted octanol–water partition coefficient (Wildman–Crippen LogP) is 4.04. The molecular weight excluding hydrogens is 332 g/mol. The quantitative estimate of drug-likeness (QED) is 0.881. The summed E-state index contributed by atoms with van der Waals surface area (Å²) in [5.74, 6) is 2.27. The minimum absolute atomic E-state index is 0.102. The summed E-state index contributed by atoms with van der Waals surface area (Å²) in [6.45, 7) is 7.26. The van der Waals surface area contributed by atoms with Crippen LogP contribution in [0, 0.1) is 0 Å². The minimum Gasteiger partial charge on any atom is -0.497 e. The SMILES string of the molecule is COc1ccc(Br)c(-c2cnc(CCNC(C)(C)C)o2)c1. The normalized spacial score (nSPS) is 11.7. The molecule has 2 rings (SSSR count). The summed E-state index contributed by atoms with van der Waals surface area (Å²) in [5, 5.41) is 3.42. The van der Waals surface area contributed by atoms with Gasteiger partial charge in [-0.2, -0.15) is 0 Å². The molecule has 1 N–H and O–H groups in total. The molecule has 0 unspecified atom stereocenters. The molecule has 0 bridgehead atoms. The average Bonchev–Trinajstić information content (AvgIpc) is 2.86. The average molecular weight is 353 g/mol. The molecule has 0 saturated heterocycles. The van der Waals surface area contributed by atoms with Crippen molar-refractivity contribution in [3.63, 3.8) is 0 Å². The molecule has 0 aliphatic heterocycles. The van der Waals surface area contributed by atoms with Crippen LogP contribution in [0.2, 0.25) is 0 Å². The Morgan fingerprint density at radius 3 is 2.76 bits per heavy atom. The summed E-state index contributed by atoms with van der Waals surface area (Å²) in [5.41, 5.74) is 1.04. The van der Waals surface area contributed by atoms with E-state index >= 15 is 0 Å². The van der Waals surface area contributed by atoms with Gasteiger partial charge in [0.15, 0.2) is 11.7 Å². The lowest BCUT2D eigenvalue weighted by molar-refractivity contribution is 0.410. The van der Waals surface area contributed by atoms with Crippen LogP contribution >= 0.6 is 15.9 Å². The highest BCUT2D eigenvalue weighted by Crippen LogP contribution is 2.32. The number of nitrogens with zero attached hydrogens (tertiary/aromatic N) is 1. The molecule has 0 atom stereocenters. The molecule has 0 aliphatic carbocycles. The van der Waals surface area contributed by atoms with Gasteiger partial charge in [0.05, 0.1) is 13.3 Å². The van der Waals surface area contributed by atoms with E-state index in [0.29, 0.717) is 0 Å². The highest BCUT2D eigenvalue weighted by molar-refractivity contribution is 9.10. The van der Waals surface area contributed by atoms with E-state index in [0.717, 1.165) is 40.4 Å². The number of benzene rings is 1. The first-order valence-electron chi connectivity index (χ1n) is 6.93. The van der Waals surface area contributed by atoms with Crippen molar-refractivity contribution in [2.75, 3.05) is 13.7 Å². The van der Waals surface area contributed by atoms with Crippen LogP contribution in [0.1, 0.15) is 26.7 Å². The number of hydrogen-bond donors (Lipinski definition) is 1. The lowest BCUT2D eigenvalue weighted by Crippen LogP contribution is -2.37. The molecule has 1 aromatic heterocycles. The van der Waals surface area contributed by atoms with Crippen molar-refractivity contribution >= 4 is 15.9 Å². The van der Waals surface area contributed by atoms with Crippen molar-refractivity contribution in [3.8, 4) is 17.1 Å². The molecule has 0 radical (unpaired) electrons. The Morgan fingerprint density at radius 1 is 1.33 bits per heavy atom. The summed E-state index contributed by atoms with van der Waals surface area (Å²) >= 11 is 3.53. The van der Waals surface area contributed by atoms with Gasteiger partial charge in [0.1, 0.15) is 5.75 Å². The molecule has 114 valence electrons. The summed E-state index contributed by atoms with van der Waals surface area (Å²) in [4.78, 5) is 4.34. The second kappa shape index (κ2) is 6.62. The number of methoxy groups -OCH3 is 1. The molecule has 0 amide bonds. The van der Waals surface area contributed by atoms with Crippen molar-refractivity contribution in [2.45, 2.75) is 32.7 Å². The first kappa shape index (κ1) is 16.0. The van der Waals surface area contributed by atoms with Gasteiger partial charge in [-0.25, -0.2) is 4.98 Å². The number of oxazole rings is 1. The van der Waals surface area contributed by atoms with Gasteiger partial charge in [0, 0.05) is 28.5 Å². The minimum atomic E-state index is 0.102. The number of aromatic nitrogens is 1. The van der Waals surface area contributed by atoms with Crippen LogP contribution < -0.4 is 10.1 Å². The van der Waals surface area contributed by atoms with E-state index in [1.165, 1.54) is 0 Å². The zero-order chi connectivity index (χ0) is 15.5. The van der Waals surface area contributed by atoms with E-state index < -0.39 is 0 Å². The molecule has 2 aromatic rings. The highest BCUT2D eigenvalue weighted by atomic mass is 79.9. The Kier molecular flexibility index (Phi) is 5.06. The Balaban J connectivity index is 2.09. The van der Waals surface area contributed by atoms with Crippen molar-refractivity contribution in [1.29, 1.82) is 0 Å². The standard InChI is InChI=1S/C16H21BrN2O2/c1-16(2,3)19-8-7-15-18-10-14(21-15)12-9-11(20-4)5-6-13(12)17/h5-6,9-10,19H,7-8H2,1-4H3. The topological polar surface area (TPSA) is 47.3 Å². The van der Waals surface area contributed by atoms with Crippen LogP contribution in [0.15, 0.2) is 33.3 Å². The van der Waals surface area contributed by atoms with E-state index in [-0.39, 0.29) is 5.54 Å². The second-order valence-electron chi connectivity index (χ2n) is 5.89. The Hall–Kier alpha value is -1.33. The number of ether oxygens (including phenoxy) is 1. The third kappa shape index (κ3) is 4.58. The lowest BCUT2D eigenvalue weighted by atomic mass is 10.1. The first-order valence-corrected chi connectivity index (χ1v) is 7.72. The monoisotopic (exact) mass is 352 g/mol. The Morgan fingerprint density at radius 2 is 2.10 bits per heavy atom. The largest absolute Gasteiger partial charge is 0.497 e. The number of hydrogen-bond acceptors (Lipinski definition) is 4. The number of nitrogens with one attached hydrogen (secondary N) is 1. The van der Waals surface area contributed by atoms with Crippen LogP contribution in [-0.2, 0) is 6.42 Å². The van der Waals surface area contributed by atoms with Crippen molar-refractivity contribution in [1.82, 2.24) is 10.3 Å². The van der Waals surface area contributed by atoms with Crippen LogP contribution in [0.5, 0.6) is 5.75 Å². The molecule has 0 aliphatic rings. The highest BCUT2D eigenvalue weighted by Gasteiger charge is 2.12. The van der Waals surface area contributed by atoms with Gasteiger partial charge in [-0.3, -0.25) is 0 Å². The molecular formula is C16H21BrN2O2. The van der Waals surface area contributed by atoms with E-state index in [9.17, 15) is 0 Å². The lowest BCUT2D eigenvalue weighted by Gasteiger charge is -2.19. The second-order valence-corrected chi connectivity index (χ2v) is 6.75. The molecule has 0 saturated carbocycles. The van der Waals surface area contributed by atoms with Gasteiger partial charge in [0.25, 0.3) is 0 Å². The van der Waals surface area contributed by atoms with Crippen LogP contribution in [-0.4, -0.2) is 24.2 Å². The molecule has 1 aromatic carbocycles. The number of halogens is 1. The molecule has 4 nitrogen and oxygen atoms in total. The van der Waals surface area contributed by atoms with Crippen LogP contribution in [0.4, 0.5) is 0 Å². The van der Waals surface area contributed by atoms with Crippen molar-refractivity contribution in [3.05, 3.63) is 34.8 Å². The maximum atomic E-state index is 5.83. The van der Waals surface area contributed by atoms with E-state index in [1.807, 2.05) is 18.2 Å². The van der Waals surface area contributed by atoms with Crippen LogP contribution in [0.3, 0.4) is 0 Å². The third-order valence-corrected chi connectivity index (χ3v) is 3.68.